The molecule has 96 valence electrons. The average Bonchev–Trinajstić information content (AvgIpc) is 2.86. The molecule has 2 heterocycles. The van der Waals surface area contributed by atoms with Crippen LogP contribution < -0.4 is 10.1 Å². The summed E-state index contributed by atoms with van der Waals surface area (Å²) in [4.78, 5) is 4.15. The SMILES string of the molecule is CCOc1ncccc1NCc1ccc(CO)o1. The molecule has 0 aliphatic rings. The van der Waals surface area contributed by atoms with Gasteiger partial charge in [-0.3, -0.25) is 0 Å². The van der Waals surface area contributed by atoms with E-state index in [0.717, 1.165) is 11.4 Å². The molecule has 2 aromatic heterocycles. The van der Waals surface area contributed by atoms with E-state index in [-0.39, 0.29) is 6.61 Å². The molecule has 5 nitrogen and oxygen atoms in total. The summed E-state index contributed by atoms with van der Waals surface area (Å²) in [6.45, 7) is 2.92. The minimum absolute atomic E-state index is 0.0862. The third kappa shape index (κ3) is 3.01. The molecule has 0 saturated carbocycles. The van der Waals surface area contributed by atoms with Gasteiger partial charge in [-0.05, 0) is 31.2 Å². The van der Waals surface area contributed by atoms with Gasteiger partial charge in [0.05, 0.1) is 18.8 Å². The predicted octanol–water partition coefficient (Wildman–Crippen LogP) is 2.18. The number of pyridine rings is 1. The minimum Gasteiger partial charge on any atom is -0.476 e. The van der Waals surface area contributed by atoms with Gasteiger partial charge < -0.3 is 19.6 Å². The topological polar surface area (TPSA) is 67.5 Å². The molecular formula is C13H16N2O3. The van der Waals surface area contributed by atoms with Crippen molar-refractivity contribution in [2.75, 3.05) is 11.9 Å². The molecule has 0 saturated heterocycles. The van der Waals surface area contributed by atoms with Crippen LogP contribution in [0.2, 0.25) is 0 Å². The third-order valence-corrected chi connectivity index (χ3v) is 2.38. The number of nitrogens with zero attached hydrogens (tertiary/aromatic N) is 1. The van der Waals surface area contributed by atoms with Gasteiger partial charge in [-0.1, -0.05) is 0 Å². The number of aliphatic hydroxyl groups excluding tert-OH is 1. The summed E-state index contributed by atoms with van der Waals surface area (Å²) in [5.41, 5.74) is 0.821. The Kier molecular flexibility index (Phi) is 4.20. The molecule has 0 aromatic carbocycles. The van der Waals surface area contributed by atoms with Crippen LogP contribution in [0, 0.1) is 0 Å². The molecule has 0 aliphatic heterocycles. The number of hydrogen-bond acceptors (Lipinski definition) is 5. The van der Waals surface area contributed by atoms with Crippen molar-refractivity contribution in [3.63, 3.8) is 0 Å². The Hall–Kier alpha value is -2.01. The number of aromatic nitrogens is 1. The van der Waals surface area contributed by atoms with E-state index in [2.05, 4.69) is 10.3 Å². The van der Waals surface area contributed by atoms with Gasteiger partial charge in [0.1, 0.15) is 18.1 Å². The van der Waals surface area contributed by atoms with Crippen molar-refractivity contribution in [1.82, 2.24) is 4.98 Å². The number of hydrogen-bond donors (Lipinski definition) is 2. The molecule has 2 aromatic rings. The van der Waals surface area contributed by atoms with E-state index in [1.54, 1.807) is 12.3 Å². The van der Waals surface area contributed by atoms with Gasteiger partial charge in [-0.15, -0.1) is 0 Å². The summed E-state index contributed by atoms with van der Waals surface area (Å²) in [5.74, 6) is 1.89. The highest BCUT2D eigenvalue weighted by atomic mass is 16.5. The molecule has 0 radical (unpaired) electrons. The molecule has 2 N–H and O–H groups in total. The second-order valence-corrected chi connectivity index (χ2v) is 3.67. The van der Waals surface area contributed by atoms with Gasteiger partial charge in [0.25, 0.3) is 0 Å². The van der Waals surface area contributed by atoms with Crippen LogP contribution in [0.4, 0.5) is 5.69 Å². The second-order valence-electron chi connectivity index (χ2n) is 3.67. The molecular weight excluding hydrogens is 232 g/mol. The largest absolute Gasteiger partial charge is 0.476 e. The fourth-order valence-corrected chi connectivity index (χ4v) is 1.56. The molecule has 0 fully saturated rings. The predicted molar refractivity (Wildman–Crippen MR) is 67.4 cm³/mol. The van der Waals surface area contributed by atoms with E-state index in [4.69, 9.17) is 14.3 Å². The molecule has 0 aliphatic carbocycles. The number of furan rings is 1. The Labute approximate surface area is 105 Å². The molecule has 0 amide bonds. The van der Waals surface area contributed by atoms with Crippen LogP contribution >= 0.6 is 0 Å². The van der Waals surface area contributed by atoms with Crippen LogP contribution in [0.1, 0.15) is 18.4 Å². The summed E-state index contributed by atoms with van der Waals surface area (Å²) >= 11 is 0. The smallest absolute Gasteiger partial charge is 0.237 e. The van der Waals surface area contributed by atoms with E-state index < -0.39 is 0 Å². The zero-order valence-electron chi connectivity index (χ0n) is 10.2. The molecule has 2 rings (SSSR count). The molecule has 0 unspecified atom stereocenters. The van der Waals surface area contributed by atoms with Crippen LogP contribution in [0.25, 0.3) is 0 Å². The molecule has 0 atom stereocenters. The Balaban J connectivity index is 2.01. The molecule has 0 spiro atoms. The van der Waals surface area contributed by atoms with Crippen molar-refractivity contribution in [2.45, 2.75) is 20.1 Å². The van der Waals surface area contributed by atoms with Gasteiger partial charge in [0.2, 0.25) is 5.88 Å². The van der Waals surface area contributed by atoms with Crippen LogP contribution in [-0.4, -0.2) is 16.7 Å². The summed E-state index contributed by atoms with van der Waals surface area (Å²) < 4.78 is 10.8. The Morgan fingerprint density at radius 2 is 2.17 bits per heavy atom. The average molecular weight is 248 g/mol. The number of rotatable bonds is 6. The number of nitrogens with one attached hydrogen (secondary N) is 1. The van der Waals surface area contributed by atoms with E-state index in [1.807, 2.05) is 25.1 Å². The lowest BCUT2D eigenvalue weighted by atomic mass is 10.3. The zero-order chi connectivity index (χ0) is 12.8. The first-order chi connectivity index (χ1) is 8.83. The summed E-state index contributed by atoms with van der Waals surface area (Å²) in [6.07, 6.45) is 1.69. The van der Waals surface area contributed by atoms with Crippen LogP contribution in [-0.2, 0) is 13.2 Å². The second kappa shape index (κ2) is 6.07. The summed E-state index contributed by atoms with van der Waals surface area (Å²) in [7, 11) is 0. The molecule has 0 bridgehead atoms. The van der Waals surface area contributed by atoms with Gasteiger partial charge in [0, 0.05) is 6.20 Å². The van der Waals surface area contributed by atoms with E-state index in [1.165, 1.54) is 0 Å². The maximum Gasteiger partial charge on any atom is 0.237 e. The number of ether oxygens (including phenoxy) is 1. The fraction of sp³-hybridized carbons (Fsp3) is 0.308. The number of aliphatic hydroxyl groups is 1. The Bertz CT molecular complexity index is 496. The highest BCUT2D eigenvalue weighted by Gasteiger charge is 2.05. The highest BCUT2D eigenvalue weighted by molar-refractivity contribution is 5.52. The lowest BCUT2D eigenvalue weighted by molar-refractivity contribution is 0.244. The normalized spacial score (nSPS) is 10.3. The Morgan fingerprint density at radius 1 is 1.33 bits per heavy atom. The zero-order valence-corrected chi connectivity index (χ0v) is 10.2. The standard InChI is InChI=1S/C13H16N2O3/c1-2-17-13-12(4-3-7-14-13)15-8-10-5-6-11(9-16)18-10/h3-7,15-16H,2,8-9H2,1H3. The molecule has 18 heavy (non-hydrogen) atoms. The van der Waals surface area contributed by atoms with Crippen molar-refractivity contribution in [1.29, 1.82) is 0 Å². The van der Waals surface area contributed by atoms with E-state index in [0.29, 0.717) is 24.8 Å². The summed E-state index contributed by atoms with van der Waals surface area (Å²) in [5, 5.41) is 12.1. The minimum atomic E-state index is -0.0862. The lowest BCUT2D eigenvalue weighted by Gasteiger charge is -2.09. The van der Waals surface area contributed by atoms with Gasteiger partial charge >= 0.3 is 0 Å². The Morgan fingerprint density at radius 3 is 2.89 bits per heavy atom. The highest BCUT2D eigenvalue weighted by Crippen LogP contribution is 2.21. The van der Waals surface area contributed by atoms with E-state index >= 15 is 0 Å². The van der Waals surface area contributed by atoms with Gasteiger partial charge in [-0.2, -0.15) is 0 Å². The lowest BCUT2D eigenvalue weighted by Crippen LogP contribution is -2.03. The van der Waals surface area contributed by atoms with Gasteiger partial charge in [0.15, 0.2) is 0 Å². The molecule has 5 heteroatoms. The quantitative estimate of drug-likeness (QED) is 0.820. The first-order valence-corrected chi connectivity index (χ1v) is 5.83. The van der Waals surface area contributed by atoms with Crippen molar-refractivity contribution in [3.05, 3.63) is 42.0 Å². The van der Waals surface area contributed by atoms with Gasteiger partial charge in [-0.25, -0.2) is 4.98 Å². The third-order valence-electron chi connectivity index (χ3n) is 2.38. The monoisotopic (exact) mass is 248 g/mol. The van der Waals surface area contributed by atoms with Crippen molar-refractivity contribution in [3.8, 4) is 5.88 Å². The fourth-order valence-electron chi connectivity index (χ4n) is 1.56. The summed E-state index contributed by atoms with van der Waals surface area (Å²) in [6, 6.07) is 7.32. The van der Waals surface area contributed by atoms with Crippen LogP contribution in [0.15, 0.2) is 34.9 Å². The van der Waals surface area contributed by atoms with Crippen LogP contribution in [0.3, 0.4) is 0 Å². The van der Waals surface area contributed by atoms with Crippen molar-refractivity contribution >= 4 is 5.69 Å². The van der Waals surface area contributed by atoms with Crippen LogP contribution in [0.5, 0.6) is 5.88 Å². The van der Waals surface area contributed by atoms with Crippen molar-refractivity contribution in [2.24, 2.45) is 0 Å². The first-order valence-electron chi connectivity index (χ1n) is 5.83. The first kappa shape index (κ1) is 12.4. The maximum atomic E-state index is 8.91. The maximum absolute atomic E-state index is 8.91. The van der Waals surface area contributed by atoms with E-state index in [9.17, 15) is 0 Å². The van der Waals surface area contributed by atoms with Crippen molar-refractivity contribution < 1.29 is 14.3 Å². The number of anilines is 1.